The van der Waals surface area contributed by atoms with Crippen molar-refractivity contribution in [2.75, 3.05) is 19.8 Å². The van der Waals surface area contributed by atoms with Gasteiger partial charge in [-0.3, -0.25) is 9.58 Å². The van der Waals surface area contributed by atoms with E-state index in [0.717, 1.165) is 49.5 Å². The molecular formula is C17H22F3N5O3S. The van der Waals surface area contributed by atoms with Crippen LogP contribution in [0.5, 0.6) is 0 Å². The fourth-order valence-corrected chi connectivity index (χ4v) is 3.79. The van der Waals surface area contributed by atoms with Crippen LogP contribution in [0.2, 0.25) is 0 Å². The van der Waals surface area contributed by atoms with E-state index >= 15 is 0 Å². The van der Waals surface area contributed by atoms with E-state index in [2.05, 4.69) is 20.2 Å². The zero-order chi connectivity index (χ0) is 21.0. The number of rotatable bonds is 6. The Bertz CT molecular complexity index is 808. The van der Waals surface area contributed by atoms with Crippen molar-refractivity contribution in [2.45, 2.75) is 38.0 Å². The van der Waals surface area contributed by atoms with Gasteiger partial charge in [0.1, 0.15) is 10.7 Å². The lowest BCUT2D eigenvalue weighted by molar-refractivity contribution is -0.192. The van der Waals surface area contributed by atoms with E-state index in [0.29, 0.717) is 5.92 Å². The molecule has 12 heteroatoms. The van der Waals surface area contributed by atoms with Crippen LogP contribution in [0.1, 0.15) is 35.2 Å². The minimum atomic E-state index is -5.08. The molecule has 29 heavy (non-hydrogen) atoms. The number of hydrogen-bond donors (Lipinski definition) is 1. The quantitative estimate of drug-likeness (QED) is 0.748. The number of thiazole rings is 1. The first kappa shape index (κ1) is 21.7. The summed E-state index contributed by atoms with van der Waals surface area (Å²) in [7, 11) is 1.98. The van der Waals surface area contributed by atoms with Crippen molar-refractivity contribution in [1.82, 2.24) is 24.9 Å². The molecule has 0 bridgehead atoms. The summed E-state index contributed by atoms with van der Waals surface area (Å²) in [5.74, 6) is -1.60. The third-order valence-corrected chi connectivity index (χ3v) is 5.40. The second-order valence-corrected chi connectivity index (χ2v) is 8.10. The van der Waals surface area contributed by atoms with Crippen LogP contribution in [0.3, 0.4) is 0 Å². The van der Waals surface area contributed by atoms with Crippen molar-refractivity contribution < 1.29 is 27.8 Å². The Labute approximate surface area is 169 Å². The Morgan fingerprint density at radius 3 is 2.69 bits per heavy atom. The Hall–Kier alpha value is -2.05. The lowest BCUT2D eigenvalue weighted by atomic mass is 9.99. The third kappa shape index (κ3) is 6.21. The number of hydrogen-bond acceptors (Lipinski definition) is 7. The van der Waals surface area contributed by atoms with Gasteiger partial charge >= 0.3 is 12.1 Å². The predicted molar refractivity (Wildman–Crippen MR) is 97.2 cm³/mol. The lowest BCUT2D eigenvalue weighted by Gasteiger charge is -2.31. The van der Waals surface area contributed by atoms with Gasteiger partial charge in [0.15, 0.2) is 0 Å². The summed E-state index contributed by atoms with van der Waals surface area (Å²) in [5, 5.41) is 18.9. The second-order valence-electron chi connectivity index (χ2n) is 7.12. The maximum absolute atomic E-state index is 10.6. The van der Waals surface area contributed by atoms with Gasteiger partial charge in [0.05, 0.1) is 18.8 Å². The number of carbonyl (C=O) groups is 1. The molecule has 1 atom stereocenters. The zero-order valence-electron chi connectivity index (χ0n) is 15.8. The average Bonchev–Trinajstić information content (AvgIpc) is 3.18. The van der Waals surface area contributed by atoms with Gasteiger partial charge in [0, 0.05) is 44.2 Å². The van der Waals surface area contributed by atoms with Gasteiger partial charge in [-0.05, 0) is 18.8 Å². The summed E-state index contributed by atoms with van der Waals surface area (Å²) < 4.78 is 39.6. The van der Waals surface area contributed by atoms with Gasteiger partial charge in [0.25, 0.3) is 0 Å². The van der Waals surface area contributed by atoms with Crippen molar-refractivity contribution in [3.8, 4) is 0 Å². The minimum Gasteiger partial charge on any atom is -0.475 e. The first-order valence-electron chi connectivity index (χ1n) is 9.11. The summed E-state index contributed by atoms with van der Waals surface area (Å²) in [4.78, 5) is 15.7. The molecule has 3 heterocycles. The highest BCUT2D eigenvalue weighted by Gasteiger charge is 2.38. The number of halogens is 3. The number of aliphatic carboxylic acids is 1. The van der Waals surface area contributed by atoms with Gasteiger partial charge < -0.3 is 9.84 Å². The lowest BCUT2D eigenvalue weighted by Crippen LogP contribution is -2.36. The van der Waals surface area contributed by atoms with E-state index < -0.39 is 12.1 Å². The van der Waals surface area contributed by atoms with Crippen LogP contribution < -0.4 is 0 Å². The summed E-state index contributed by atoms with van der Waals surface area (Å²) in [6.07, 6.45) is -0.549. The molecule has 1 aliphatic heterocycles. The molecule has 0 amide bonds. The topological polar surface area (TPSA) is 93.4 Å². The van der Waals surface area contributed by atoms with Gasteiger partial charge in [-0.25, -0.2) is 9.78 Å². The van der Waals surface area contributed by atoms with Crippen molar-refractivity contribution in [1.29, 1.82) is 0 Å². The minimum absolute atomic E-state index is 0.350. The van der Waals surface area contributed by atoms with Gasteiger partial charge in [-0.2, -0.15) is 13.2 Å². The molecule has 2 aromatic rings. The monoisotopic (exact) mass is 433 g/mol. The van der Waals surface area contributed by atoms with Gasteiger partial charge in [-0.1, -0.05) is 5.21 Å². The fourth-order valence-electron chi connectivity index (χ4n) is 3.13. The SMILES string of the molecule is Cn1nnc2c1C(COCC1CC1)CN(Cc1nccs1)C2.O=C(O)C(F)(F)F. The number of aromatic nitrogens is 4. The van der Waals surface area contributed by atoms with Crippen molar-refractivity contribution in [3.63, 3.8) is 0 Å². The maximum atomic E-state index is 10.6. The first-order chi connectivity index (χ1) is 13.7. The molecule has 0 spiro atoms. The van der Waals surface area contributed by atoms with E-state index in [4.69, 9.17) is 14.6 Å². The smallest absolute Gasteiger partial charge is 0.475 e. The van der Waals surface area contributed by atoms with Crippen LogP contribution in [-0.2, 0) is 29.7 Å². The molecule has 2 aliphatic rings. The van der Waals surface area contributed by atoms with Crippen molar-refractivity contribution in [2.24, 2.45) is 13.0 Å². The molecule has 0 aromatic carbocycles. The van der Waals surface area contributed by atoms with Crippen LogP contribution in [0, 0.1) is 5.92 Å². The largest absolute Gasteiger partial charge is 0.490 e. The molecule has 2 aromatic heterocycles. The first-order valence-corrected chi connectivity index (χ1v) is 9.99. The van der Waals surface area contributed by atoms with Gasteiger partial charge in [0.2, 0.25) is 0 Å². The number of alkyl halides is 3. The Balaban J connectivity index is 0.000000298. The van der Waals surface area contributed by atoms with E-state index in [1.54, 1.807) is 11.3 Å². The summed E-state index contributed by atoms with van der Waals surface area (Å²) in [5.41, 5.74) is 2.33. The van der Waals surface area contributed by atoms with Crippen LogP contribution in [-0.4, -0.2) is 61.9 Å². The number of fused-ring (bicyclic) bond motifs is 1. The molecule has 1 N–H and O–H groups in total. The van der Waals surface area contributed by atoms with Gasteiger partial charge in [-0.15, -0.1) is 16.4 Å². The fraction of sp³-hybridized carbons (Fsp3) is 0.647. The molecular weight excluding hydrogens is 411 g/mol. The molecule has 1 saturated carbocycles. The molecule has 1 fully saturated rings. The van der Waals surface area contributed by atoms with Crippen LogP contribution in [0.15, 0.2) is 11.6 Å². The molecule has 8 nitrogen and oxygen atoms in total. The number of aryl methyl sites for hydroxylation is 1. The standard InChI is InChI=1S/C15H21N5OS.C2HF3O2/c1-19-15-12(10-21-9-11-2-3-11)6-20(7-13(15)17-18-19)8-14-16-4-5-22-14;3-2(4,5)1(6)7/h4-5,11-12H,2-3,6-10H2,1H3;(H,6,7). The highest BCUT2D eigenvalue weighted by atomic mass is 32.1. The summed E-state index contributed by atoms with van der Waals surface area (Å²) >= 11 is 1.71. The van der Waals surface area contributed by atoms with E-state index in [1.165, 1.54) is 18.5 Å². The van der Waals surface area contributed by atoms with Crippen molar-refractivity contribution >= 4 is 17.3 Å². The number of carboxylic acid groups (broad SMARTS) is 1. The molecule has 0 saturated heterocycles. The highest BCUT2D eigenvalue weighted by Crippen LogP contribution is 2.31. The van der Waals surface area contributed by atoms with E-state index in [9.17, 15) is 13.2 Å². The zero-order valence-corrected chi connectivity index (χ0v) is 16.6. The Morgan fingerprint density at radius 1 is 1.38 bits per heavy atom. The van der Waals surface area contributed by atoms with E-state index in [1.807, 2.05) is 23.3 Å². The van der Waals surface area contributed by atoms with E-state index in [-0.39, 0.29) is 0 Å². The Kier molecular flexibility index (Phi) is 6.85. The second kappa shape index (κ2) is 9.18. The highest BCUT2D eigenvalue weighted by molar-refractivity contribution is 7.09. The summed E-state index contributed by atoms with van der Waals surface area (Å²) in [6, 6.07) is 0. The molecule has 0 radical (unpaired) electrons. The number of ether oxygens (including phenoxy) is 1. The molecule has 1 aliphatic carbocycles. The predicted octanol–water partition coefficient (Wildman–Crippen LogP) is 2.43. The normalized spacial score (nSPS) is 19.4. The average molecular weight is 433 g/mol. The molecule has 1 unspecified atom stereocenters. The molecule has 160 valence electrons. The third-order valence-electron chi connectivity index (χ3n) is 4.64. The Morgan fingerprint density at radius 2 is 2.10 bits per heavy atom. The summed E-state index contributed by atoms with van der Waals surface area (Å²) in [6.45, 7) is 4.38. The van der Waals surface area contributed by atoms with Crippen molar-refractivity contribution in [3.05, 3.63) is 28.0 Å². The maximum Gasteiger partial charge on any atom is 0.490 e. The van der Waals surface area contributed by atoms with Crippen LogP contribution in [0.4, 0.5) is 13.2 Å². The molecule has 4 rings (SSSR count). The number of nitrogens with zero attached hydrogens (tertiary/aromatic N) is 5. The van der Waals surface area contributed by atoms with Crippen LogP contribution >= 0.6 is 11.3 Å². The van der Waals surface area contributed by atoms with Crippen LogP contribution in [0.25, 0.3) is 0 Å². The number of carboxylic acids is 1.